The normalized spacial score (nSPS) is 17.7. The average molecular weight is 426 g/mol. The molecule has 0 spiro atoms. The van der Waals surface area contributed by atoms with Gasteiger partial charge in [-0.25, -0.2) is 9.38 Å². The smallest absolute Gasteiger partial charge is 0.194 e. The first kappa shape index (κ1) is 21.4. The van der Waals surface area contributed by atoms with Crippen LogP contribution in [0.25, 0.3) is 0 Å². The van der Waals surface area contributed by atoms with Gasteiger partial charge in [0.1, 0.15) is 5.82 Å². The molecular weight excluding hydrogens is 393 g/mol. The van der Waals surface area contributed by atoms with Crippen molar-refractivity contribution in [3.63, 3.8) is 0 Å². The van der Waals surface area contributed by atoms with Crippen LogP contribution in [0.1, 0.15) is 12.5 Å². The molecule has 2 fully saturated rings. The first-order valence-corrected chi connectivity index (χ1v) is 11.2. The second-order valence-corrected chi connectivity index (χ2v) is 7.82. The van der Waals surface area contributed by atoms with Crippen LogP contribution >= 0.6 is 0 Å². The van der Waals surface area contributed by atoms with Crippen molar-refractivity contribution in [1.82, 2.24) is 10.2 Å². The number of hydrogen-bond acceptors (Lipinski definition) is 4. The van der Waals surface area contributed by atoms with Gasteiger partial charge in [0.15, 0.2) is 5.96 Å². The maximum absolute atomic E-state index is 14.1. The Morgan fingerprint density at radius 2 is 1.55 bits per heavy atom. The van der Waals surface area contributed by atoms with Gasteiger partial charge in [-0.3, -0.25) is 0 Å². The molecule has 0 atom stereocenters. The highest BCUT2D eigenvalue weighted by Gasteiger charge is 2.22. The van der Waals surface area contributed by atoms with E-state index in [1.807, 2.05) is 12.1 Å². The molecule has 0 bridgehead atoms. The summed E-state index contributed by atoms with van der Waals surface area (Å²) in [4.78, 5) is 11.7. The zero-order valence-corrected chi connectivity index (χ0v) is 18.3. The van der Waals surface area contributed by atoms with Crippen LogP contribution in [0.4, 0.5) is 15.8 Å². The van der Waals surface area contributed by atoms with E-state index in [2.05, 4.69) is 51.2 Å². The fraction of sp³-hybridized carbons (Fsp3) is 0.458. The zero-order valence-electron chi connectivity index (χ0n) is 18.3. The number of halogens is 1. The van der Waals surface area contributed by atoms with E-state index in [1.165, 1.54) is 17.3 Å². The lowest BCUT2D eigenvalue weighted by Gasteiger charge is -2.37. The highest BCUT2D eigenvalue weighted by Crippen LogP contribution is 2.23. The number of morpholine rings is 1. The molecule has 0 radical (unpaired) electrons. The van der Waals surface area contributed by atoms with Crippen molar-refractivity contribution in [2.75, 3.05) is 68.8 Å². The molecule has 2 aromatic rings. The Labute approximate surface area is 184 Å². The number of benzene rings is 2. The minimum atomic E-state index is -0.156. The van der Waals surface area contributed by atoms with Gasteiger partial charge in [0.2, 0.25) is 0 Å². The number of rotatable bonds is 5. The summed E-state index contributed by atoms with van der Waals surface area (Å²) in [6, 6.07) is 15.5. The maximum atomic E-state index is 14.1. The molecular formula is C24H32FN5O. The molecule has 0 unspecified atom stereocenters. The summed E-state index contributed by atoms with van der Waals surface area (Å²) >= 11 is 0. The summed E-state index contributed by atoms with van der Waals surface area (Å²) in [5, 5.41) is 3.44. The number of piperazine rings is 1. The molecule has 2 aromatic carbocycles. The molecule has 0 amide bonds. The third-order valence-corrected chi connectivity index (χ3v) is 5.85. The van der Waals surface area contributed by atoms with Crippen molar-refractivity contribution in [1.29, 1.82) is 0 Å². The summed E-state index contributed by atoms with van der Waals surface area (Å²) < 4.78 is 19.7. The second-order valence-electron chi connectivity index (χ2n) is 7.82. The highest BCUT2D eigenvalue weighted by atomic mass is 19.1. The SMILES string of the molecule is CCNC(=NCc1ccccc1N1CCOCC1)N1CCN(c2ccccc2F)CC1. The Kier molecular flexibility index (Phi) is 7.25. The van der Waals surface area contributed by atoms with E-state index in [9.17, 15) is 4.39 Å². The third kappa shape index (κ3) is 5.28. The molecule has 0 aliphatic carbocycles. The van der Waals surface area contributed by atoms with Crippen molar-refractivity contribution in [2.24, 2.45) is 4.99 Å². The predicted molar refractivity (Wildman–Crippen MR) is 124 cm³/mol. The van der Waals surface area contributed by atoms with Gasteiger partial charge in [-0.1, -0.05) is 30.3 Å². The maximum Gasteiger partial charge on any atom is 0.194 e. The largest absolute Gasteiger partial charge is 0.378 e. The van der Waals surface area contributed by atoms with Crippen molar-refractivity contribution in [3.05, 3.63) is 59.9 Å². The first-order chi connectivity index (χ1) is 15.3. The van der Waals surface area contributed by atoms with E-state index in [1.54, 1.807) is 6.07 Å². The summed E-state index contributed by atoms with van der Waals surface area (Å²) in [7, 11) is 0. The number of guanidine groups is 1. The van der Waals surface area contributed by atoms with Gasteiger partial charge < -0.3 is 24.8 Å². The van der Waals surface area contributed by atoms with Gasteiger partial charge >= 0.3 is 0 Å². The average Bonchev–Trinajstić information content (AvgIpc) is 2.83. The molecule has 31 heavy (non-hydrogen) atoms. The predicted octanol–water partition coefficient (Wildman–Crippen LogP) is 2.95. The van der Waals surface area contributed by atoms with E-state index >= 15 is 0 Å². The van der Waals surface area contributed by atoms with E-state index < -0.39 is 0 Å². The lowest BCUT2D eigenvalue weighted by molar-refractivity contribution is 0.122. The van der Waals surface area contributed by atoms with Gasteiger partial charge in [-0.05, 0) is 30.7 Å². The van der Waals surface area contributed by atoms with Crippen LogP contribution in [0.15, 0.2) is 53.5 Å². The number of anilines is 2. The number of hydrogen-bond donors (Lipinski definition) is 1. The van der Waals surface area contributed by atoms with E-state index in [-0.39, 0.29) is 5.82 Å². The van der Waals surface area contributed by atoms with Gasteiger partial charge in [-0.2, -0.15) is 0 Å². The van der Waals surface area contributed by atoms with Crippen LogP contribution in [0.5, 0.6) is 0 Å². The number of nitrogens with zero attached hydrogens (tertiary/aromatic N) is 4. The molecule has 1 N–H and O–H groups in total. The molecule has 4 rings (SSSR count). The highest BCUT2D eigenvalue weighted by molar-refractivity contribution is 5.80. The minimum absolute atomic E-state index is 0.156. The van der Waals surface area contributed by atoms with Gasteiger partial charge in [0.05, 0.1) is 25.4 Å². The quantitative estimate of drug-likeness (QED) is 0.589. The molecule has 2 aliphatic rings. The number of nitrogens with one attached hydrogen (secondary N) is 1. The number of aliphatic imine (C=N–C) groups is 1. The Bertz CT molecular complexity index is 876. The monoisotopic (exact) mass is 425 g/mol. The van der Waals surface area contributed by atoms with Gasteiger partial charge in [-0.15, -0.1) is 0 Å². The summed E-state index contributed by atoms with van der Waals surface area (Å²) in [5.74, 6) is 0.767. The lowest BCUT2D eigenvalue weighted by atomic mass is 10.1. The fourth-order valence-electron chi connectivity index (χ4n) is 4.21. The summed E-state index contributed by atoms with van der Waals surface area (Å²) in [6.45, 7) is 10.1. The molecule has 2 saturated heterocycles. The molecule has 0 saturated carbocycles. The summed E-state index contributed by atoms with van der Waals surface area (Å²) in [5.41, 5.74) is 3.16. The molecule has 166 valence electrons. The van der Waals surface area contributed by atoms with Crippen molar-refractivity contribution >= 4 is 17.3 Å². The van der Waals surface area contributed by atoms with Gasteiger partial charge in [0, 0.05) is 51.5 Å². The van der Waals surface area contributed by atoms with Crippen molar-refractivity contribution in [3.8, 4) is 0 Å². The van der Waals surface area contributed by atoms with Crippen LogP contribution in [0.3, 0.4) is 0 Å². The topological polar surface area (TPSA) is 43.3 Å². The molecule has 2 heterocycles. The minimum Gasteiger partial charge on any atom is -0.378 e. The summed E-state index contributed by atoms with van der Waals surface area (Å²) in [6.07, 6.45) is 0. The van der Waals surface area contributed by atoms with E-state index in [4.69, 9.17) is 9.73 Å². The Morgan fingerprint density at radius 1 is 0.903 bits per heavy atom. The van der Waals surface area contributed by atoms with Crippen molar-refractivity contribution < 1.29 is 9.13 Å². The van der Waals surface area contributed by atoms with Crippen LogP contribution < -0.4 is 15.1 Å². The fourth-order valence-corrected chi connectivity index (χ4v) is 4.21. The van der Waals surface area contributed by atoms with Gasteiger partial charge in [0.25, 0.3) is 0 Å². The molecule has 7 heteroatoms. The zero-order chi connectivity index (χ0) is 21.5. The number of para-hydroxylation sites is 2. The Balaban J connectivity index is 1.43. The Hall–Kier alpha value is -2.80. The molecule has 2 aliphatic heterocycles. The van der Waals surface area contributed by atoms with Crippen molar-refractivity contribution in [2.45, 2.75) is 13.5 Å². The van der Waals surface area contributed by atoms with Crippen LogP contribution in [0.2, 0.25) is 0 Å². The van der Waals surface area contributed by atoms with Crippen LogP contribution in [-0.2, 0) is 11.3 Å². The molecule has 0 aromatic heterocycles. The Morgan fingerprint density at radius 3 is 2.26 bits per heavy atom. The third-order valence-electron chi connectivity index (χ3n) is 5.85. The lowest BCUT2D eigenvalue weighted by Crippen LogP contribution is -2.52. The second kappa shape index (κ2) is 10.5. The van der Waals surface area contributed by atoms with Crippen LogP contribution in [-0.4, -0.2) is 69.9 Å². The molecule has 6 nitrogen and oxygen atoms in total. The standard InChI is InChI=1S/C24H32FN5O/c1-2-26-24(30-13-11-28(12-14-30)23-10-6-4-8-21(23)25)27-19-20-7-3-5-9-22(20)29-15-17-31-18-16-29/h3-10H,2,11-19H2,1H3,(H,26,27). The van der Waals surface area contributed by atoms with E-state index in [0.717, 1.165) is 65.0 Å². The number of ether oxygens (including phenoxy) is 1. The van der Waals surface area contributed by atoms with E-state index in [0.29, 0.717) is 12.2 Å². The first-order valence-electron chi connectivity index (χ1n) is 11.2. The van der Waals surface area contributed by atoms with Crippen LogP contribution in [0, 0.1) is 5.82 Å².